The van der Waals surface area contributed by atoms with Crippen LogP contribution in [-0.2, 0) is 21.4 Å². The van der Waals surface area contributed by atoms with Crippen molar-refractivity contribution in [2.45, 2.75) is 17.9 Å². The van der Waals surface area contributed by atoms with E-state index in [1.165, 1.54) is 29.2 Å². The minimum atomic E-state index is -4.11. The van der Waals surface area contributed by atoms with Gasteiger partial charge < -0.3 is 4.90 Å². The Morgan fingerprint density at radius 3 is 2.36 bits per heavy atom. The third-order valence-electron chi connectivity index (χ3n) is 3.75. The number of rotatable bonds is 8. The molecule has 0 radical (unpaired) electrons. The van der Waals surface area contributed by atoms with Gasteiger partial charge in [-0.15, -0.1) is 6.42 Å². The summed E-state index contributed by atoms with van der Waals surface area (Å²) in [5.41, 5.74) is 0.660. The fourth-order valence-electron chi connectivity index (χ4n) is 2.33. The maximum Gasteiger partial charge on any atom is 0.240 e. The van der Waals surface area contributed by atoms with E-state index >= 15 is 0 Å². The molecular weight excluding hydrogens is 393 g/mol. The zero-order chi connectivity index (χ0) is 20.7. The van der Waals surface area contributed by atoms with Crippen LogP contribution in [-0.4, -0.2) is 32.3 Å². The van der Waals surface area contributed by atoms with Crippen LogP contribution >= 0.6 is 0 Å². The van der Waals surface area contributed by atoms with E-state index < -0.39 is 38.3 Å². The highest BCUT2D eigenvalue weighted by Crippen LogP contribution is 2.14. The largest absolute Gasteiger partial charge is 0.327 e. The lowest BCUT2D eigenvalue weighted by Crippen LogP contribution is -2.34. The average Bonchev–Trinajstić information content (AvgIpc) is 2.65. The molecule has 1 amide bonds. The molecule has 28 heavy (non-hydrogen) atoms. The van der Waals surface area contributed by atoms with Crippen LogP contribution < -0.4 is 4.72 Å². The highest BCUT2D eigenvalue weighted by Gasteiger charge is 2.18. The minimum Gasteiger partial charge on any atom is -0.327 e. The molecule has 0 unspecified atom stereocenters. The van der Waals surface area contributed by atoms with Gasteiger partial charge in [0, 0.05) is 19.5 Å². The molecule has 0 aliphatic carbocycles. The molecule has 2 aromatic rings. The Kier molecular flexibility index (Phi) is 7.20. The van der Waals surface area contributed by atoms with Gasteiger partial charge in [0.15, 0.2) is 11.6 Å². The van der Waals surface area contributed by atoms with E-state index in [9.17, 15) is 26.4 Å². The number of benzene rings is 2. The normalized spacial score (nSPS) is 11.1. The van der Waals surface area contributed by atoms with Gasteiger partial charge in [-0.3, -0.25) is 4.79 Å². The Morgan fingerprint density at radius 1 is 1.07 bits per heavy atom. The average molecular weight is 410 g/mol. The van der Waals surface area contributed by atoms with E-state index in [0.717, 1.165) is 6.07 Å². The Hall–Kier alpha value is -2.83. The number of hydrogen-bond acceptors (Lipinski definition) is 3. The molecule has 0 aliphatic heterocycles. The lowest BCUT2D eigenvalue weighted by molar-refractivity contribution is -0.131. The second kappa shape index (κ2) is 9.39. The van der Waals surface area contributed by atoms with Crippen molar-refractivity contribution in [1.82, 2.24) is 9.62 Å². The lowest BCUT2D eigenvalue weighted by atomic mass is 10.2. The molecule has 148 valence electrons. The SMILES string of the molecule is C#CCN(Cc1ccc(F)cc1)C(=O)CCNS(=O)(=O)c1ccc(F)c(F)c1. The molecular formula is C19H17F3N2O3S. The smallest absolute Gasteiger partial charge is 0.240 e. The zero-order valence-electron chi connectivity index (χ0n) is 14.7. The summed E-state index contributed by atoms with van der Waals surface area (Å²) in [5, 5.41) is 0. The van der Waals surface area contributed by atoms with Crippen molar-refractivity contribution in [3.05, 3.63) is 65.5 Å². The van der Waals surface area contributed by atoms with E-state index in [0.29, 0.717) is 17.7 Å². The predicted octanol–water partition coefficient (Wildman–Crippen LogP) is 2.43. The first-order valence-corrected chi connectivity index (χ1v) is 9.61. The van der Waals surface area contributed by atoms with Crippen molar-refractivity contribution in [3.63, 3.8) is 0 Å². The summed E-state index contributed by atoms with van der Waals surface area (Å²) in [6.45, 7) is -0.129. The van der Waals surface area contributed by atoms with Crippen molar-refractivity contribution in [3.8, 4) is 12.3 Å². The lowest BCUT2D eigenvalue weighted by Gasteiger charge is -2.20. The number of hydrogen-bond donors (Lipinski definition) is 1. The monoisotopic (exact) mass is 410 g/mol. The molecule has 1 N–H and O–H groups in total. The standard InChI is InChI=1S/C19H17F3N2O3S/c1-2-11-24(13-14-3-5-15(20)6-4-14)19(25)9-10-23-28(26,27)16-7-8-17(21)18(22)12-16/h1,3-8,12,23H,9-11,13H2. The summed E-state index contributed by atoms with van der Waals surface area (Å²) in [6, 6.07) is 7.70. The summed E-state index contributed by atoms with van der Waals surface area (Å²) in [6.07, 6.45) is 5.06. The van der Waals surface area contributed by atoms with Crippen LogP contribution in [0.5, 0.6) is 0 Å². The molecule has 0 saturated heterocycles. The maximum absolute atomic E-state index is 13.2. The number of amides is 1. The molecule has 0 aromatic heterocycles. The fourth-order valence-corrected chi connectivity index (χ4v) is 3.37. The number of carbonyl (C=O) groups excluding carboxylic acids is 1. The Bertz CT molecular complexity index is 986. The quantitative estimate of drug-likeness (QED) is 0.680. The minimum absolute atomic E-state index is 0.00780. The topological polar surface area (TPSA) is 66.5 Å². The van der Waals surface area contributed by atoms with E-state index in [-0.39, 0.29) is 26.1 Å². The summed E-state index contributed by atoms with van der Waals surface area (Å²) in [7, 11) is -4.11. The molecule has 2 aromatic carbocycles. The molecule has 0 atom stereocenters. The van der Waals surface area contributed by atoms with E-state index in [4.69, 9.17) is 6.42 Å². The zero-order valence-corrected chi connectivity index (χ0v) is 15.5. The summed E-state index contributed by atoms with van der Waals surface area (Å²) < 4.78 is 65.5. The van der Waals surface area contributed by atoms with Crippen molar-refractivity contribution in [2.75, 3.05) is 13.1 Å². The van der Waals surface area contributed by atoms with Crippen molar-refractivity contribution in [2.24, 2.45) is 0 Å². The van der Waals surface area contributed by atoms with Gasteiger partial charge in [-0.1, -0.05) is 18.1 Å². The first-order chi connectivity index (χ1) is 13.2. The third-order valence-corrected chi connectivity index (χ3v) is 5.21. The van der Waals surface area contributed by atoms with Crippen LogP contribution in [0.4, 0.5) is 13.2 Å². The molecule has 0 fully saturated rings. The van der Waals surface area contributed by atoms with Crippen molar-refractivity contribution in [1.29, 1.82) is 0 Å². The second-order valence-corrected chi connectivity index (χ2v) is 7.57. The van der Waals surface area contributed by atoms with Gasteiger partial charge in [-0.05, 0) is 35.9 Å². The summed E-state index contributed by atoms with van der Waals surface area (Å²) in [5.74, 6) is -0.953. The number of nitrogens with zero attached hydrogens (tertiary/aromatic N) is 1. The molecule has 5 nitrogen and oxygen atoms in total. The third kappa shape index (κ3) is 5.84. The van der Waals surface area contributed by atoms with Gasteiger partial charge in [-0.2, -0.15) is 0 Å². The predicted molar refractivity (Wildman–Crippen MR) is 96.8 cm³/mol. The van der Waals surface area contributed by atoms with Gasteiger partial charge in [-0.25, -0.2) is 26.3 Å². The summed E-state index contributed by atoms with van der Waals surface area (Å²) in [4.78, 5) is 13.2. The second-order valence-electron chi connectivity index (χ2n) is 5.80. The molecule has 0 spiro atoms. The number of nitrogens with one attached hydrogen (secondary N) is 1. The Morgan fingerprint density at radius 2 is 1.75 bits per heavy atom. The van der Waals surface area contributed by atoms with Crippen LogP contribution in [0.25, 0.3) is 0 Å². The van der Waals surface area contributed by atoms with E-state index in [2.05, 4.69) is 10.6 Å². The van der Waals surface area contributed by atoms with Crippen LogP contribution in [0, 0.1) is 29.8 Å². The molecule has 2 rings (SSSR count). The van der Waals surface area contributed by atoms with E-state index in [1.54, 1.807) is 0 Å². The fraction of sp³-hybridized carbons (Fsp3) is 0.211. The number of halogens is 3. The summed E-state index contributed by atoms with van der Waals surface area (Å²) >= 11 is 0. The first kappa shape index (κ1) is 21.5. The Labute approximate surface area is 161 Å². The van der Waals surface area contributed by atoms with Crippen LogP contribution in [0.1, 0.15) is 12.0 Å². The first-order valence-electron chi connectivity index (χ1n) is 8.13. The van der Waals surface area contributed by atoms with Crippen LogP contribution in [0.3, 0.4) is 0 Å². The molecule has 0 aliphatic rings. The van der Waals surface area contributed by atoms with E-state index in [1.807, 2.05) is 0 Å². The molecule has 9 heteroatoms. The molecule has 0 heterocycles. The maximum atomic E-state index is 13.2. The molecule has 0 bridgehead atoms. The number of sulfonamides is 1. The Balaban J connectivity index is 1.97. The van der Waals surface area contributed by atoms with Gasteiger partial charge >= 0.3 is 0 Å². The molecule has 0 saturated carbocycles. The van der Waals surface area contributed by atoms with Gasteiger partial charge in [0.05, 0.1) is 11.4 Å². The highest BCUT2D eigenvalue weighted by molar-refractivity contribution is 7.89. The number of carbonyl (C=O) groups is 1. The van der Waals surface area contributed by atoms with Crippen LogP contribution in [0.2, 0.25) is 0 Å². The van der Waals surface area contributed by atoms with Crippen LogP contribution in [0.15, 0.2) is 47.4 Å². The van der Waals surface area contributed by atoms with Crippen molar-refractivity contribution >= 4 is 15.9 Å². The highest BCUT2D eigenvalue weighted by atomic mass is 32.2. The number of terminal acetylenes is 1. The van der Waals surface area contributed by atoms with Gasteiger partial charge in [0.25, 0.3) is 0 Å². The van der Waals surface area contributed by atoms with Gasteiger partial charge in [0.1, 0.15) is 5.82 Å². The van der Waals surface area contributed by atoms with Gasteiger partial charge in [0.2, 0.25) is 15.9 Å². The van der Waals surface area contributed by atoms with Crippen molar-refractivity contribution < 1.29 is 26.4 Å².